The number of hydrogen-bond donors (Lipinski definition) is 0. The van der Waals surface area contributed by atoms with Gasteiger partial charge < -0.3 is 4.57 Å². The van der Waals surface area contributed by atoms with Gasteiger partial charge >= 0.3 is 0 Å². The summed E-state index contributed by atoms with van der Waals surface area (Å²) in [6, 6.07) is 61.3. The van der Waals surface area contributed by atoms with Crippen LogP contribution in [-0.4, -0.2) is 19.1 Å². The van der Waals surface area contributed by atoms with Crippen LogP contribution in [0.3, 0.4) is 0 Å². The molecule has 1 aliphatic rings. The van der Waals surface area contributed by atoms with E-state index in [1.165, 1.54) is 60.1 Å². The van der Waals surface area contributed by atoms with E-state index in [0.717, 1.165) is 50.8 Å². The third-order valence-electron chi connectivity index (χ3n) is 11.3. The van der Waals surface area contributed by atoms with Gasteiger partial charge in [-0.1, -0.05) is 121 Å². The van der Waals surface area contributed by atoms with Crippen LogP contribution in [0.1, 0.15) is 11.1 Å². The Bertz CT molecular complexity index is 3310. The highest BCUT2D eigenvalue weighted by molar-refractivity contribution is 6.19. The lowest BCUT2D eigenvalue weighted by Gasteiger charge is -2.15. The van der Waals surface area contributed by atoms with E-state index in [1.807, 2.05) is 0 Å². The molecule has 0 amide bonds. The monoisotopic (exact) mass is 674 g/mol. The van der Waals surface area contributed by atoms with Gasteiger partial charge in [0, 0.05) is 38.2 Å². The number of rotatable bonds is 3. The Morgan fingerprint density at radius 3 is 1.83 bits per heavy atom. The van der Waals surface area contributed by atoms with Crippen molar-refractivity contribution in [2.45, 2.75) is 6.42 Å². The molecule has 0 radical (unpaired) electrons. The SMILES string of the molecule is c1ccc(-n2c3ccccc3c3cc4c5ccccc5n(-c5nc(-c6cccc7c6-c6cc8ccccc8cc6C7)c6ccccc6n5)c4cc32)cc1. The molecule has 8 aromatic carbocycles. The molecule has 0 aliphatic heterocycles. The van der Waals surface area contributed by atoms with Gasteiger partial charge in [0.1, 0.15) is 0 Å². The quantitative estimate of drug-likeness (QED) is 0.187. The van der Waals surface area contributed by atoms with Crippen molar-refractivity contribution in [2.24, 2.45) is 0 Å². The normalized spacial score (nSPS) is 12.5. The van der Waals surface area contributed by atoms with Gasteiger partial charge in [-0.05, 0) is 88.0 Å². The number of aromatic nitrogens is 4. The first-order valence-electron chi connectivity index (χ1n) is 18.2. The van der Waals surface area contributed by atoms with E-state index < -0.39 is 0 Å². The second-order valence-electron chi connectivity index (χ2n) is 14.2. The second kappa shape index (κ2) is 10.7. The van der Waals surface area contributed by atoms with Crippen LogP contribution in [0.2, 0.25) is 0 Å². The molecule has 0 fully saturated rings. The maximum Gasteiger partial charge on any atom is 0.235 e. The van der Waals surface area contributed by atoms with E-state index in [9.17, 15) is 0 Å². The molecule has 0 N–H and O–H groups in total. The summed E-state index contributed by atoms with van der Waals surface area (Å²) < 4.78 is 4.66. The molecule has 53 heavy (non-hydrogen) atoms. The van der Waals surface area contributed by atoms with Crippen molar-refractivity contribution < 1.29 is 0 Å². The van der Waals surface area contributed by atoms with Crippen LogP contribution in [-0.2, 0) is 6.42 Å². The van der Waals surface area contributed by atoms with Crippen molar-refractivity contribution in [3.8, 4) is 34.0 Å². The van der Waals surface area contributed by atoms with Crippen LogP contribution < -0.4 is 0 Å². The van der Waals surface area contributed by atoms with Crippen LogP contribution in [0.4, 0.5) is 0 Å². The Morgan fingerprint density at radius 2 is 1.04 bits per heavy atom. The van der Waals surface area contributed by atoms with Crippen LogP contribution in [0.5, 0.6) is 0 Å². The molecule has 0 atom stereocenters. The third kappa shape index (κ3) is 4.06. The smallest absolute Gasteiger partial charge is 0.235 e. The van der Waals surface area contributed by atoms with Crippen molar-refractivity contribution in [3.63, 3.8) is 0 Å². The molecule has 0 saturated heterocycles. The second-order valence-corrected chi connectivity index (χ2v) is 14.2. The fourth-order valence-corrected chi connectivity index (χ4v) is 9.01. The van der Waals surface area contributed by atoms with Crippen LogP contribution >= 0.6 is 0 Å². The van der Waals surface area contributed by atoms with Crippen molar-refractivity contribution in [1.82, 2.24) is 19.1 Å². The van der Waals surface area contributed by atoms with E-state index in [1.54, 1.807) is 0 Å². The van der Waals surface area contributed by atoms with E-state index in [4.69, 9.17) is 9.97 Å². The molecular formula is C49H30N4. The Kier molecular flexibility index (Phi) is 5.80. The fraction of sp³-hybridized carbons (Fsp3) is 0.0204. The van der Waals surface area contributed by atoms with Crippen LogP contribution in [0, 0.1) is 0 Å². The highest BCUT2D eigenvalue weighted by atomic mass is 15.2. The van der Waals surface area contributed by atoms with Gasteiger partial charge in [-0.3, -0.25) is 4.57 Å². The molecule has 246 valence electrons. The molecule has 3 heterocycles. The zero-order valence-electron chi connectivity index (χ0n) is 28.7. The third-order valence-corrected chi connectivity index (χ3v) is 11.3. The Hall–Kier alpha value is -7.04. The van der Waals surface area contributed by atoms with Crippen LogP contribution in [0.25, 0.3) is 99.3 Å². The molecule has 0 spiro atoms. The average Bonchev–Trinajstić information content (AvgIpc) is 3.86. The average molecular weight is 675 g/mol. The van der Waals surface area contributed by atoms with Crippen molar-refractivity contribution in [1.29, 1.82) is 0 Å². The molecule has 0 bridgehead atoms. The molecule has 1 aliphatic carbocycles. The lowest BCUT2D eigenvalue weighted by Crippen LogP contribution is -2.04. The first kappa shape index (κ1) is 28.6. The maximum atomic E-state index is 5.58. The summed E-state index contributed by atoms with van der Waals surface area (Å²) in [4.78, 5) is 10.9. The lowest BCUT2D eigenvalue weighted by molar-refractivity contribution is 1.01. The van der Waals surface area contributed by atoms with Crippen molar-refractivity contribution >= 4 is 65.3 Å². The first-order chi connectivity index (χ1) is 26.3. The number of hydrogen-bond acceptors (Lipinski definition) is 2. The molecular weight excluding hydrogens is 645 g/mol. The largest absolute Gasteiger partial charge is 0.309 e. The molecule has 4 nitrogen and oxygen atoms in total. The van der Waals surface area contributed by atoms with Gasteiger partial charge in [0.15, 0.2) is 0 Å². The summed E-state index contributed by atoms with van der Waals surface area (Å²) in [7, 11) is 0. The van der Waals surface area contributed by atoms with Gasteiger partial charge in [0.2, 0.25) is 5.95 Å². The summed E-state index contributed by atoms with van der Waals surface area (Å²) in [5.74, 6) is 0.668. The highest BCUT2D eigenvalue weighted by Crippen LogP contribution is 2.46. The molecule has 0 unspecified atom stereocenters. The molecule has 3 aromatic heterocycles. The fourth-order valence-electron chi connectivity index (χ4n) is 9.01. The van der Waals surface area contributed by atoms with Crippen molar-refractivity contribution in [3.05, 3.63) is 181 Å². The summed E-state index contributed by atoms with van der Waals surface area (Å²) in [5.41, 5.74) is 13.9. The summed E-state index contributed by atoms with van der Waals surface area (Å²) in [6.45, 7) is 0. The number of para-hydroxylation sites is 4. The molecule has 0 saturated carbocycles. The van der Waals surface area contributed by atoms with Crippen molar-refractivity contribution in [2.75, 3.05) is 0 Å². The Balaban J connectivity index is 1.17. The van der Waals surface area contributed by atoms with Gasteiger partial charge in [-0.25, -0.2) is 9.97 Å². The van der Waals surface area contributed by atoms with E-state index in [-0.39, 0.29) is 0 Å². The zero-order chi connectivity index (χ0) is 34.6. The topological polar surface area (TPSA) is 35.6 Å². The number of nitrogens with zero attached hydrogens (tertiary/aromatic N) is 4. The van der Waals surface area contributed by atoms with Crippen LogP contribution in [0.15, 0.2) is 170 Å². The van der Waals surface area contributed by atoms with Gasteiger partial charge in [0.25, 0.3) is 0 Å². The Labute approximate surface area is 304 Å². The maximum absolute atomic E-state index is 5.58. The Morgan fingerprint density at radius 1 is 0.396 bits per heavy atom. The predicted molar refractivity (Wildman–Crippen MR) is 219 cm³/mol. The van der Waals surface area contributed by atoms with E-state index in [2.05, 4.69) is 179 Å². The molecule has 11 aromatic rings. The van der Waals surface area contributed by atoms with Gasteiger partial charge in [0.05, 0.1) is 33.3 Å². The minimum absolute atomic E-state index is 0.668. The van der Waals surface area contributed by atoms with Gasteiger partial charge in [-0.15, -0.1) is 0 Å². The molecule has 4 heteroatoms. The zero-order valence-corrected chi connectivity index (χ0v) is 28.7. The summed E-state index contributed by atoms with van der Waals surface area (Å²) >= 11 is 0. The predicted octanol–water partition coefficient (Wildman–Crippen LogP) is 12.2. The van der Waals surface area contributed by atoms with E-state index >= 15 is 0 Å². The standard InChI is InChI=1S/C49H30N4/c1-2-16-34(17-3-1)52-43-23-10-7-18-35(43)40-28-41-36-19-8-11-24-44(36)53(46(41)29-45(40)52)49-50-42-22-9-6-20-37(42)48(51-49)38-21-12-15-32-26-33-25-30-13-4-5-14-31(30)27-39(33)47(32)38/h1-25,27-29H,26H2. The highest BCUT2D eigenvalue weighted by Gasteiger charge is 2.26. The number of benzene rings is 8. The minimum Gasteiger partial charge on any atom is -0.309 e. The van der Waals surface area contributed by atoms with Gasteiger partial charge in [-0.2, -0.15) is 0 Å². The summed E-state index contributed by atoms with van der Waals surface area (Å²) in [5, 5.41) is 8.41. The molecule has 12 rings (SSSR count). The number of fused-ring (bicyclic) bond motifs is 11. The lowest BCUT2D eigenvalue weighted by atomic mass is 9.94. The van der Waals surface area contributed by atoms with E-state index in [0.29, 0.717) is 5.95 Å². The minimum atomic E-state index is 0.668. The summed E-state index contributed by atoms with van der Waals surface area (Å²) in [6.07, 6.45) is 0.914. The first-order valence-corrected chi connectivity index (χ1v) is 18.2.